The summed E-state index contributed by atoms with van der Waals surface area (Å²) in [6.07, 6.45) is 13.5. The van der Waals surface area contributed by atoms with E-state index in [-0.39, 0.29) is 16.4 Å². The van der Waals surface area contributed by atoms with Crippen molar-refractivity contribution in [3.63, 3.8) is 0 Å². The molecule has 6 nitrogen and oxygen atoms in total. The van der Waals surface area contributed by atoms with Crippen LogP contribution >= 0.6 is 34.5 Å². The highest BCUT2D eigenvalue weighted by Gasteiger charge is 2.48. The molecule has 2 aromatic heterocycles. The molecule has 2 aromatic carbocycles. The molecule has 0 amide bonds. The molecular weight excluding hydrogens is 567 g/mol. The Kier molecular flexibility index (Phi) is 6.45. The number of allylic oxidation sites excluding steroid dienone is 1. The lowest BCUT2D eigenvalue weighted by molar-refractivity contribution is -0.0122. The van der Waals surface area contributed by atoms with E-state index in [9.17, 15) is 9.90 Å². The first-order chi connectivity index (χ1) is 19.3. The van der Waals surface area contributed by atoms with Crippen LogP contribution in [-0.4, -0.2) is 27.8 Å². The number of hydrogen-bond donors (Lipinski definition) is 1. The van der Waals surface area contributed by atoms with Gasteiger partial charge in [-0.25, -0.2) is 9.78 Å². The van der Waals surface area contributed by atoms with E-state index in [0.29, 0.717) is 27.8 Å². The number of nitrogens with zero attached hydrogens (tertiary/aromatic N) is 2. The van der Waals surface area contributed by atoms with E-state index in [0.717, 1.165) is 84.2 Å². The predicted octanol–water partition coefficient (Wildman–Crippen LogP) is 9.27. The average Bonchev–Trinajstić information content (AvgIpc) is 3.58. The fourth-order valence-corrected chi connectivity index (χ4v) is 7.78. The second-order valence-electron chi connectivity index (χ2n) is 11.6. The van der Waals surface area contributed by atoms with Crippen LogP contribution in [0, 0.1) is 10.8 Å². The molecule has 4 fully saturated rings. The molecule has 4 aromatic rings. The van der Waals surface area contributed by atoms with Crippen molar-refractivity contribution in [2.24, 2.45) is 10.8 Å². The summed E-state index contributed by atoms with van der Waals surface area (Å²) >= 11 is 14.5. The summed E-state index contributed by atoms with van der Waals surface area (Å²) in [5.74, 6) is 0.426. The van der Waals surface area contributed by atoms with E-state index >= 15 is 0 Å². The SMILES string of the molecule is O=C(O)c1ccc2nc(OCC34CCC(C=Cc5c(-c6c(Cl)cccc6Cl)noc5C5CC5)(CC3)CC4)sc2c1. The van der Waals surface area contributed by atoms with Crippen LogP contribution in [0.4, 0.5) is 0 Å². The van der Waals surface area contributed by atoms with Gasteiger partial charge in [0.1, 0.15) is 11.5 Å². The fourth-order valence-electron chi connectivity index (χ4n) is 6.35. The maximum Gasteiger partial charge on any atom is 0.335 e. The number of aromatic carboxylic acids is 1. The molecule has 0 aliphatic heterocycles. The van der Waals surface area contributed by atoms with Gasteiger partial charge >= 0.3 is 5.97 Å². The predicted molar refractivity (Wildman–Crippen MR) is 158 cm³/mol. The van der Waals surface area contributed by atoms with Gasteiger partial charge < -0.3 is 14.4 Å². The second kappa shape index (κ2) is 9.89. The zero-order valence-electron chi connectivity index (χ0n) is 21.8. The number of ether oxygens (including phenoxy) is 1. The van der Waals surface area contributed by atoms with Crippen LogP contribution < -0.4 is 4.74 Å². The molecule has 2 heterocycles. The molecule has 4 aliphatic carbocycles. The van der Waals surface area contributed by atoms with Crippen molar-refractivity contribution in [3.05, 3.63) is 69.4 Å². The lowest BCUT2D eigenvalue weighted by Crippen LogP contribution is -2.43. The third kappa shape index (κ3) is 4.72. The first-order valence-corrected chi connectivity index (χ1v) is 15.3. The molecule has 9 heteroatoms. The molecule has 0 unspecified atom stereocenters. The number of carbonyl (C=O) groups is 1. The van der Waals surface area contributed by atoms with Crippen molar-refractivity contribution >= 4 is 56.8 Å². The van der Waals surface area contributed by atoms with E-state index in [2.05, 4.69) is 22.3 Å². The normalized spacial score (nSPS) is 24.2. The van der Waals surface area contributed by atoms with Crippen molar-refractivity contribution in [3.8, 4) is 16.5 Å². The third-order valence-electron chi connectivity index (χ3n) is 9.08. The van der Waals surface area contributed by atoms with Crippen LogP contribution in [0.1, 0.15) is 79.0 Å². The van der Waals surface area contributed by atoms with Crippen LogP contribution in [0.25, 0.3) is 27.6 Å². The number of thiazole rings is 1. The quantitative estimate of drug-likeness (QED) is 0.219. The van der Waals surface area contributed by atoms with Gasteiger partial charge in [0.2, 0.25) is 0 Å². The van der Waals surface area contributed by atoms with Crippen molar-refractivity contribution < 1.29 is 19.2 Å². The Morgan fingerprint density at radius 2 is 1.82 bits per heavy atom. The number of carboxylic acids is 1. The molecule has 4 aliphatic rings. The summed E-state index contributed by atoms with van der Waals surface area (Å²) in [7, 11) is 0. The summed E-state index contributed by atoms with van der Waals surface area (Å²) in [4.78, 5) is 15.9. The molecule has 206 valence electrons. The average molecular weight is 596 g/mol. The van der Waals surface area contributed by atoms with E-state index in [4.69, 9.17) is 32.5 Å². The third-order valence-corrected chi connectivity index (χ3v) is 10.6. The Bertz CT molecular complexity index is 1610. The van der Waals surface area contributed by atoms with Crippen molar-refractivity contribution in [2.45, 2.75) is 57.3 Å². The number of benzene rings is 2. The Labute approximate surface area is 245 Å². The van der Waals surface area contributed by atoms with Gasteiger partial charge in [-0.2, -0.15) is 0 Å². The monoisotopic (exact) mass is 594 g/mol. The second-order valence-corrected chi connectivity index (χ2v) is 13.4. The van der Waals surface area contributed by atoms with Crippen LogP contribution in [-0.2, 0) is 0 Å². The zero-order chi connectivity index (χ0) is 27.5. The van der Waals surface area contributed by atoms with Gasteiger partial charge in [0.25, 0.3) is 5.19 Å². The minimum Gasteiger partial charge on any atom is -0.478 e. The van der Waals surface area contributed by atoms with Gasteiger partial charge in [-0.3, -0.25) is 0 Å². The summed E-state index contributed by atoms with van der Waals surface area (Å²) in [6.45, 7) is 0.644. The maximum absolute atomic E-state index is 11.3. The molecular formula is C31H28Cl2N2O4S. The van der Waals surface area contributed by atoms with E-state index in [1.165, 1.54) is 11.3 Å². The smallest absolute Gasteiger partial charge is 0.335 e. The fraction of sp³-hybridized carbons (Fsp3) is 0.387. The first kappa shape index (κ1) is 26.1. The Morgan fingerprint density at radius 1 is 1.10 bits per heavy atom. The van der Waals surface area contributed by atoms with E-state index in [1.54, 1.807) is 18.2 Å². The molecule has 40 heavy (non-hydrogen) atoms. The minimum atomic E-state index is -0.935. The summed E-state index contributed by atoms with van der Waals surface area (Å²) < 4.78 is 12.9. The first-order valence-electron chi connectivity index (χ1n) is 13.7. The highest BCUT2D eigenvalue weighted by atomic mass is 35.5. The van der Waals surface area contributed by atoms with Crippen molar-refractivity contribution in [2.75, 3.05) is 6.61 Å². The summed E-state index contributed by atoms with van der Waals surface area (Å²) in [6, 6.07) is 10.5. The van der Waals surface area contributed by atoms with Gasteiger partial charge in [0.15, 0.2) is 0 Å². The van der Waals surface area contributed by atoms with Gasteiger partial charge in [-0.15, -0.1) is 0 Å². The van der Waals surface area contributed by atoms with Crippen molar-refractivity contribution in [1.29, 1.82) is 0 Å². The van der Waals surface area contributed by atoms with Gasteiger partial charge in [0.05, 0.1) is 32.4 Å². The van der Waals surface area contributed by atoms with Crippen molar-refractivity contribution in [1.82, 2.24) is 10.1 Å². The van der Waals surface area contributed by atoms with Crippen LogP contribution in [0.3, 0.4) is 0 Å². The lowest BCUT2D eigenvalue weighted by Gasteiger charge is -2.52. The number of fused-ring (bicyclic) bond motifs is 4. The molecule has 4 saturated carbocycles. The van der Waals surface area contributed by atoms with E-state index < -0.39 is 5.97 Å². The number of hydrogen-bond acceptors (Lipinski definition) is 6. The summed E-state index contributed by atoms with van der Waals surface area (Å²) in [5.41, 5.74) is 3.83. The van der Waals surface area contributed by atoms with Crippen LogP contribution in [0.15, 0.2) is 47.0 Å². The zero-order valence-corrected chi connectivity index (χ0v) is 24.1. The highest BCUT2D eigenvalue weighted by Crippen LogP contribution is 2.58. The molecule has 2 bridgehead atoms. The van der Waals surface area contributed by atoms with Gasteiger partial charge in [-0.05, 0) is 87.1 Å². The largest absolute Gasteiger partial charge is 0.478 e. The molecule has 0 spiro atoms. The molecule has 8 rings (SSSR count). The van der Waals surface area contributed by atoms with E-state index in [1.807, 2.05) is 18.2 Å². The summed E-state index contributed by atoms with van der Waals surface area (Å²) in [5, 5.41) is 15.5. The molecule has 0 atom stereocenters. The van der Waals surface area contributed by atoms with Gasteiger partial charge in [-0.1, -0.05) is 57.9 Å². The molecule has 0 saturated heterocycles. The standard InChI is InChI=1S/C31H28Cl2N2O4S/c32-21-2-1-3-22(33)25(21)26-20(27(39-35-26)18-4-5-18)8-9-30-10-13-31(14-11-30,15-12-30)17-38-29-34-23-7-6-19(28(36)37)16-24(23)40-29/h1-3,6-9,16,18H,4-5,10-15,17H2,(H,36,37). The molecule has 0 radical (unpaired) electrons. The number of halogens is 2. The highest BCUT2D eigenvalue weighted by molar-refractivity contribution is 7.20. The Balaban J connectivity index is 1.07. The number of rotatable bonds is 8. The topological polar surface area (TPSA) is 85.5 Å². The molecule has 1 N–H and O–H groups in total. The Morgan fingerprint density at radius 3 is 2.50 bits per heavy atom. The number of carboxylic acid groups (broad SMARTS) is 1. The lowest BCUT2D eigenvalue weighted by atomic mass is 9.54. The van der Waals surface area contributed by atoms with Gasteiger partial charge in [0, 0.05) is 22.5 Å². The van der Waals surface area contributed by atoms with Crippen LogP contribution in [0.5, 0.6) is 5.19 Å². The minimum absolute atomic E-state index is 0.157. The number of aromatic nitrogens is 2. The maximum atomic E-state index is 11.3. The Hall–Kier alpha value is -2.87. The van der Waals surface area contributed by atoms with Crippen LogP contribution in [0.2, 0.25) is 10.0 Å².